The summed E-state index contributed by atoms with van der Waals surface area (Å²) in [7, 11) is 2.14. The highest BCUT2D eigenvalue weighted by Crippen LogP contribution is 2.28. The Balaban J connectivity index is 1.86. The number of carbonyl (C=O) groups excluding carboxylic acids is 1. The number of ether oxygens (including phenoxy) is 1. The number of nitrogens with zero attached hydrogens (tertiary/aromatic N) is 3. The van der Waals surface area contributed by atoms with Crippen LogP contribution in [0.5, 0.6) is 5.88 Å². The first-order valence-electron chi connectivity index (χ1n) is 12.2. The molecule has 1 amide bonds. The molecule has 1 aliphatic heterocycles. The highest BCUT2D eigenvalue weighted by molar-refractivity contribution is 5.97. The van der Waals surface area contributed by atoms with Gasteiger partial charge in [0.05, 0.1) is 12.6 Å². The van der Waals surface area contributed by atoms with Crippen LogP contribution in [0.4, 0.5) is 0 Å². The number of aromatic nitrogens is 1. The van der Waals surface area contributed by atoms with Crippen molar-refractivity contribution in [2.45, 2.75) is 71.1 Å². The van der Waals surface area contributed by atoms with Crippen LogP contribution in [0.3, 0.4) is 0 Å². The maximum absolute atomic E-state index is 13.4. The molecule has 2 N–H and O–H groups in total. The summed E-state index contributed by atoms with van der Waals surface area (Å²) in [5.74, 6) is 6.44. The van der Waals surface area contributed by atoms with Gasteiger partial charge < -0.3 is 24.7 Å². The maximum atomic E-state index is 13.4. The second kappa shape index (κ2) is 11.8. The van der Waals surface area contributed by atoms with Crippen molar-refractivity contribution in [3.63, 3.8) is 0 Å². The van der Waals surface area contributed by atoms with Crippen molar-refractivity contribution < 1.29 is 19.7 Å². The molecule has 1 fully saturated rings. The lowest BCUT2D eigenvalue weighted by atomic mass is 9.89. The zero-order valence-electron chi connectivity index (χ0n) is 20.5. The number of rotatable bonds is 6. The van der Waals surface area contributed by atoms with Crippen molar-refractivity contribution in [3.05, 3.63) is 23.4 Å². The van der Waals surface area contributed by atoms with Crippen LogP contribution in [-0.2, 0) is 0 Å². The standard InChI is InChI=1S/C26H39N3O4/c1-18-14-29(19(2)17-30)26(32)23-12-22(11-10-20(3)31)13-27-25(23)33-24(18)16-28(4)15-21-8-6-5-7-9-21/h12-13,18-21,24,30-31H,5-9,14-17H2,1-4H3/t18-,19+,20-,24+/m0/s1. The van der Waals surface area contributed by atoms with Crippen LogP contribution in [0, 0.1) is 23.7 Å². The van der Waals surface area contributed by atoms with Gasteiger partial charge >= 0.3 is 0 Å². The highest BCUT2D eigenvalue weighted by atomic mass is 16.5. The molecule has 0 aromatic carbocycles. The SMILES string of the molecule is C[C@H](O)C#Cc1cnc2c(c1)C(=O)N([C@H](C)CO)C[C@H](C)[C@@H](CN(C)CC1CCCCC1)O2. The molecule has 0 unspecified atom stereocenters. The summed E-state index contributed by atoms with van der Waals surface area (Å²) >= 11 is 0. The molecule has 1 saturated carbocycles. The van der Waals surface area contributed by atoms with Crippen LogP contribution in [0.25, 0.3) is 0 Å². The van der Waals surface area contributed by atoms with E-state index in [1.54, 1.807) is 24.1 Å². The summed E-state index contributed by atoms with van der Waals surface area (Å²) in [6, 6.07) is 1.36. The first-order chi connectivity index (χ1) is 15.8. The summed E-state index contributed by atoms with van der Waals surface area (Å²) < 4.78 is 6.36. The third kappa shape index (κ3) is 6.92. The second-order valence-electron chi connectivity index (χ2n) is 9.87. The Morgan fingerprint density at radius 2 is 2.00 bits per heavy atom. The topological polar surface area (TPSA) is 86.1 Å². The van der Waals surface area contributed by atoms with Gasteiger partial charge in [0.25, 0.3) is 5.91 Å². The average Bonchev–Trinajstić information content (AvgIpc) is 2.80. The minimum atomic E-state index is -0.769. The quantitative estimate of drug-likeness (QED) is 0.639. The van der Waals surface area contributed by atoms with Gasteiger partial charge in [0.15, 0.2) is 0 Å². The van der Waals surface area contributed by atoms with Crippen molar-refractivity contribution in [3.8, 4) is 17.7 Å². The molecule has 1 aromatic heterocycles. The number of aliphatic hydroxyl groups excluding tert-OH is 2. The van der Waals surface area contributed by atoms with Crippen LogP contribution in [0.2, 0.25) is 0 Å². The Morgan fingerprint density at radius 3 is 2.67 bits per heavy atom. The van der Waals surface area contributed by atoms with Gasteiger partial charge in [-0.15, -0.1) is 0 Å². The third-order valence-electron chi connectivity index (χ3n) is 6.73. The molecule has 2 aliphatic rings. The van der Waals surface area contributed by atoms with Gasteiger partial charge in [0.1, 0.15) is 17.8 Å². The predicted molar refractivity (Wildman–Crippen MR) is 128 cm³/mol. The number of hydrogen-bond acceptors (Lipinski definition) is 6. The van der Waals surface area contributed by atoms with Gasteiger partial charge in [-0.05, 0) is 45.7 Å². The van der Waals surface area contributed by atoms with Gasteiger partial charge in [-0.1, -0.05) is 38.0 Å². The molecular weight excluding hydrogens is 418 g/mol. The molecule has 0 saturated heterocycles. The number of amides is 1. The maximum Gasteiger partial charge on any atom is 0.259 e. The number of aliphatic hydroxyl groups is 2. The number of carbonyl (C=O) groups is 1. The van der Waals surface area contributed by atoms with Crippen LogP contribution in [-0.4, -0.2) is 82.4 Å². The van der Waals surface area contributed by atoms with E-state index < -0.39 is 6.10 Å². The van der Waals surface area contributed by atoms with E-state index >= 15 is 0 Å². The molecule has 0 bridgehead atoms. The van der Waals surface area contributed by atoms with Gasteiger partial charge in [-0.25, -0.2) is 4.98 Å². The molecule has 182 valence electrons. The Bertz CT molecular complexity index is 857. The largest absolute Gasteiger partial charge is 0.472 e. The zero-order valence-corrected chi connectivity index (χ0v) is 20.5. The molecule has 33 heavy (non-hydrogen) atoms. The highest BCUT2D eigenvalue weighted by Gasteiger charge is 2.34. The van der Waals surface area contributed by atoms with Gasteiger partial charge in [0, 0.05) is 37.3 Å². The van der Waals surface area contributed by atoms with E-state index in [1.165, 1.54) is 32.1 Å². The van der Waals surface area contributed by atoms with Crippen LogP contribution >= 0.6 is 0 Å². The normalized spacial score (nSPS) is 23.6. The van der Waals surface area contributed by atoms with Gasteiger partial charge in [0.2, 0.25) is 5.88 Å². The lowest BCUT2D eigenvalue weighted by Crippen LogP contribution is -2.50. The predicted octanol–water partition coefficient (Wildman–Crippen LogP) is 2.55. The molecule has 7 nitrogen and oxygen atoms in total. The Kier molecular flexibility index (Phi) is 9.13. The molecule has 3 rings (SSSR count). The summed E-state index contributed by atoms with van der Waals surface area (Å²) in [4.78, 5) is 21.9. The van der Waals surface area contributed by atoms with Gasteiger partial charge in [-0.3, -0.25) is 4.79 Å². The number of pyridine rings is 1. The second-order valence-corrected chi connectivity index (χ2v) is 9.87. The minimum absolute atomic E-state index is 0.0708. The molecule has 0 radical (unpaired) electrons. The number of fused-ring (bicyclic) bond motifs is 1. The third-order valence-corrected chi connectivity index (χ3v) is 6.73. The van der Waals surface area contributed by atoms with Crippen molar-refractivity contribution >= 4 is 5.91 Å². The lowest BCUT2D eigenvalue weighted by Gasteiger charge is -2.38. The fourth-order valence-electron chi connectivity index (χ4n) is 4.77. The summed E-state index contributed by atoms with van der Waals surface area (Å²) in [6.45, 7) is 7.71. The molecule has 7 heteroatoms. The Morgan fingerprint density at radius 1 is 1.27 bits per heavy atom. The van der Waals surface area contributed by atoms with E-state index in [2.05, 4.69) is 35.7 Å². The summed E-state index contributed by atoms with van der Waals surface area (Å²) in [5.41, 5.74) is 0.891. The van der Waals surface area contributed by atoms with E-state index in [4.69, 9.17) is 4.74 Å². The first kappa shape index (κ1) is 25.5. The van der Waals surface area contributed by atoms with Crippen LogP contribution in [0.1, 0.15) is 68.8 Å². The Hall–Kier alpha value is -2.14. The smallest absolute Gasteiger partial charge is 0.259 e. The molecule has 4 atom stereocenters. The van der Waals surface area contributed by atoms with E-state index in [9.17, 15) is 15.0 Å². The van der Waals surface area contributed by atoms with Gasteiger partial charge in [-0.2, -0.15) is 0 Å². The lowest BCUT2D eigenvalue weighted by molar-refractivity contribution is 0.0314. The molecule has 1 aliphatic carbocycles. The number of likely N-dealkylation sites (N-methyl/N-ethyl adjacent to an activating group) is 1. The van der Waals surface area contributed by atoms with E-state index in [0.29, 0.717) is 23.6 Å². The van der Waals surface area contributed by atoms with Crippen molar-refractivity contribution in [2.24, 2.45) is 11.8 Å². The molecule has 0 spiro atoms. The van der Waals surface area contributed by atoms with E-state index in [-0.39, 0.29) is 30.6 Å². The number of hydrogen-bond donors (Lipinski definition) is 2. The molecule has 2 heterocycles. The zero-order chi connectivity index (χ0) is 24.0. The average molecular weight is 458 g/mol. The monoisotopic (exact) mass is 457 g/mol. The minimum Gasteiger partial charge on any atom is -0.472 e. The summed E-state index contributed by atoms with van der Waals surface area (Å²) in [6.07, 6.45) is 7.25. The van der Waals surface area contributed by atoms with Crippen LogP contribution in [0.15, 0.2) is 12.3 Å². The fraction of sp³-hybridized carbons (Fsp3) is 0.692. The molecular formula is C26H39N3O4. The summed E-state index contributed by atoms with van der Waals surface area (Å²) in [5, 5.41) is 19.3. The first-order valence-corrected chi connectivity index (χ1v) is 12.2. The van der Waals surface area contributed by atoms with E-state index in [1.807, 2.05) is 6.92 Å². The van der Waals surface area contributed by atoms with Crippen molar-refractivity contribution in [1.82, 2.24) is 14.8 Å². The fourth-order valence-corrected chi connectivity index (χ4v) is 4.77. The van der Waals surface area contributed by atoms with Crippen LogP contribution < -0.4 is 4.74 Å². The molecule has 1 aromatic rings. The van der Waals surface area contributed by atoms with Crippen molar-refractivity contribution in [1.29, 1.82) is 0 Å². The van der Waals surface area contributed by atoms with E-state index in [0.717, 1.165) is 19.0 Å². The van der Waals surface area contributed by atoms with Crippen molar-refractivity contribution in [2.75, 3.05) is 33.3 Å². The Labute approximate surface area is 198 Å².